The van der Waals surface area contributed by atoms with Gasteiger partial charge in [-0.2, -0.15) is 0 Å². The Kier molecular flexibility index (Phi) is 3.09. The summed E-state index contributed by atoms with van der Waals surface area (Å²) in [6.07, 6.45) is 13.5. The molecule has 0 aromatic rings. The van der Waals surface area contributed by atoms with Crippen LogP contribution in [-0.2, 0) is 0 Å². The van der Waals surface area contributed by atoms with Crippen LogP contribution in [0.3, 0.4) is 0 Å². The Morgan fingerprint density at radius 1 is 0.950 bits per heavy atom. The highest BCUT2D eigenvalue weighted by molar-refractivity contribution is 5.20. The van der Waals surface area contributed by atoms with Crippen LogP contribution < -0.4 is 0 Å². The van der Waals surface area contributed by atoms with Gasteiger partial charge in [0.15, 0.2) is 0 Å². The maximum absolute atomic E-state index is 4.44. The first-order valence-corrected chi connectivity index (χ1v) is 9.28. The van der Waals surface area contributed by atoms with E-state index >= 15 is 0 Å². The highest BCUT2D eigenvalue weighted by Gasteiger charge is 2.54. The van der Waals surface area contributed by atoms with E-state index in [2.05, 4.69) is 20.4 Å². The van der Waals surface area contributed by atoms with Gasteiger partial charge >= 0.3 is 0 Å². The van der Waals surface area contributed by atoms with Gasteiger partial charge in [0.2, 0.25) is 0 Å². The molecular formula is C20H32. The molecule has 4 saturated carbocycles. The minimum atomic E-state index is 0.524. The van der Waals surface area contributed by atoms with Crippen LogP contribution in [0.2, 0.25) is 0 Å². The lowest BCUT2D eigenvalue weighted by Gasteiger charge is -2.55. The van der Waals surface area contributed by atoms with Gasteiger partial charge < -0.3 is 0 Å². The van der Waals surface area contributed by atoms with E-state index in [0.29, 0.717) is 5.41 Å². The molecule has 0 amide bonds. The van der Waals surface area contributed by atoms with Crippen molar-refractivity contribution in [3.8, 4) is 0 Å². The Morgan fingerprint density at radius 2 is 1.75 bits per heavy atom. The molecule has 0 saturated heterocycles. The molecule has 0 aliphatic heterocycles. The summed E-state index contributed by atoms with van der Waals surface area (Å²) in [5.41, 5.74) is 2.12. The van der Waals surface area contributed by atoms with E-state index in [1.165, 1.54) is 32.1 Å². The van der Waals surface area contributed by atoms with Gasteiger partial charge in [-0.3, -0.25) is 0 Å². The number of fused-ring (bicyclic) bond motifs is 5. The molecule has 7 unspecified atom stereocenters. The summed E-state index contributed by atoms with van der Waals surface area (Å²) in [7, 11) is 0. The molecule has 7 atom stereocenters. The molecule has 0 aromatic heterocycles. The van der Waals surface area contributed by atoms with Crippen molar-refractivity contribution in [2.24, 2.45) is 40.9 Å². The van der Waals surface area contributed by atoms with Crippen LogP contribution in [0.5, 0.6) is 0 Å². The minimum absolute atomic E-state index is 0.524. The molecule has 4 aliphatic carbocycles. The molecule has 0 nitrogen and oxygen atoms in total. The number of rotatable bonds is 0. The van der Waals surface area contributed by atoms with E-state index in [4.69, 9.17) is 0 Å². The van der Waals surface area contributed by atoms with Crippen LogP contribution in [0.1, 0.15) is 71.6 Å². The van der Waals surface area contributed by atoms with E-state index in [9.17, 15) is 0 Å². The van der Waals surface area contributed by atoms with Crippen molar-refractivity contribution in [1.82, 2.24) is 0 Å². The first-order valence-electron chi connectivity index (χ1n) is 9.28. The molecule has 0 N–H and O–H groups in total. The van der Waals surface area contributed by atoms with Crippen molar-refractivity contribution in [1.29, 1.82) is 0 Å². The molecule has 20 heavy (non-hydrogen) atoms. The molecule has 0 bridgehead atoms. The lowest BCUT2D eigenvalue weighted by molar-refractivity contribution is -0.0469. The van der Waals surface area contributed by atoms with E-state index < -0.39 is 0 Å². The number of hydrogen-bond acceptors (Lipinski definition) is 0. The molecule has 0 radical (unpaired) electrons. The third kappa shape index (κ3) is 1.79. The summed E-state index contributed by atoms with van der Waals surface area (Å²) in [5, 5.41) is 0. The third-order valence-electron chi connectivity index (χ3n) is 8.17. The Bertz CT molecular complexity index is 408. The Balaban J connectivity index is 1.58. The molecule has 112 valence electrons. The SMILES string of the molecule is C=C1CCC2C3CCC4CC(C)CCC4C3CCC12C. The van der Waals surface area contributed by atoms with Crippen LogP contribution >= 0.6 is 0 Å². The van der Waals surface area contributed by atoms with Gasteiger partial charge in [-0.25, -0.2) is 0 Å². The summed E-state index contributed by atoms with van der Waals surface area (Å²) in [5.74, 6) is 6.34. The summed E-state index contributed by atoms with van der Waals surface area (Å²) in [6.45, 7) is 9.48. The van der Waals surface area contributed by atoms with E-state index in [-0.39, 0.29) is 0 Å². The Labute approximate surface area is 125 Å². The van der Waals surface area contributed by atoms with Gasteiger partial charge in [-0.05, 0) is 92.3 Å². The average Bonchev–Trinajstić information content (AvgIpc) is 2.74. The normalized spacial score (nSPS) is 55.0. The van der Waals surface area contributed by atoms with Crippen molar-refractivity contribution < 1.29 is 0 Å². The Hall–Kier alpha value is -0.260. The zero-order valence-electron chi connectivity index (χ0n) is 13.5. The van der Waals surface area contributed by atoms with Crippen LogP contribution in [0.25, 0.3) is 0 Å². The monoisotopic (exact) mass is 272 g/mol. The summed E-state index contributed by atoms with van der Waals surface area (Å²) in [4.78, 5) is 0. The zero-order valence-corrected chi connectivity index (χ0v) is 13.5. The second-order valence-electron chi connectivity index (χ2n) is 8.95. The highest BCUT2D eigenvalue weighted by Crippen LogP contribution is 2.63. The minimum Gasteiger partial charge on any atom is -0.0993 e. The number of hydrogen-bond donors (Lipinski definition) is 0. The average molecular weight is 272 g/mol. The fourth-order valence-electron chi connectivity index (χ4n) is 6.99. The fraction of sp³-hybridized carbons (Fsp3) is 0.900. The fourth-order valence-corrected chi connectivity index (χ4v) is 6.99. The van der Waals surface area contributed by atoms with Gasteiger partial charge in [-0.1, -0.05) is 32.4 Å². The second-order valence-corrected chi connectivity index (χ2v) is 8.95. The molecule has 4 fully saturated rings. The maximum atomic E-state index is 4.44. The number of allylic oxidation sites excluding steroid dienone is 1. The molecule has 0 aromatic carbocycles. The van der Waals surface area contributed by atoms with Gasteiger partial charge in [-0.15, -0.1) is 0 Å². The largest absolute Gasteiger partial charge is 0.0993 e. The van der Waals surface area contributed by atoms with E-state index in [0.717, 1.165) is 35.5 Å². The molecule has 0 heteroatoms. The van der Waals surface area contributed by atoms with Crippen molar-refractivity contribution in [2.75, 3.05) is 0 Å². The van der Waals surface area contributed by atoms with Crippen LogP contribution in [0.4, 0.5) is 0 Å². The highest BCUT2D eigenvalue weighted by atomic mass is 14.6. The summed E-state index contributed by atoms with van der Waals surface area (Å²) < 4.78 is 0. The Morgan fingerprint density at radius 3 is 2.60 bits per heavy atom. The van der Waals surface area contributed by atoms with E-state index in [1.807, 2.05) is 0 Å². The molecule has 0 heterocycles. The molecule has 4 rings (SSSR count). The van der Waals surface area contributed by atoms with Gasteiger partial charge in [0.05, 0.1) is 0 Å². The van der Waals surface area contributed by atoms with Crippen molar-refractivity contribution in [2.45, 2.75) is 71.6 Å². The van der Waals surface area contributed by atoms with E-state index in [1.54, 1.807) is 31.3 Å². The van der Waals surface area contributed by atoms with Gasteiger partial charge in [0.25, 0.3) is 0 Å². The predicted molar refractivity (Wildman–Crippen MR) is 85.4 cm³/mol. The quantitative estimate of drug-likeness (QED) is 0.487. The standard InChI is InChI=1S/C20H32/c1-13-4-7-16-15(12-13)6-8-18-17(16)10-11-20(3)14(2)5-9-19(18)20/h13,15-19H,2,4-12H2,1,3H3. The lowest BCUT2D eigenvalue weighted by atomic mass is 9.50. The van der Waals surface area contributed by atoms with Crippen molar-refractivity contribution >= 4 is 0 Å². The zero-order chi connectivity index (χ0) is 13.9. The lowest BCUT2D eigenvalue weighted by Crippen LogP contribution is -2.47. The van der Waals surface area contributed by atoms with Crippen molar-refractivity contribution in [3.05, 3.63) is 12.2 Å². The predicted octanol–water partition coefficient (Wildman–Crippen LogP) is 5.83. The smallest absolute Gasteiger partial charge is 0.00879 e. The first kappa shape index (κ1) is 13.4. The first-order chi connectivity index (χ1) is 9.59. The van der Waals surface area contributed by atoms with Crippen LogP contribution in [0, 0.1) is 40.9 Å². The molecule has 4 aliphatic rings. The maximum Gasteiger partial charge on any atom is -0.00879 e. The van der Waals surface area contributed by atoms with Crippen LogP contribution in [0.15, 0.2) is 12.2 Å². The van der Waals surface area contributed by atoms with Gasteiger partial charge in [0.1, 0.15) is 0 Å². The van der Waals surface area contributed by atoms with Crippen LogP contribution in [-0.4, -0.2) is 0 Å². The second kappa shape index (κ2) is 4.62. The third-order valence-corrected chi connectivity index (χ3v) is 8.17. The topological polar surface area (TPSA) is 0 Å². The summed E-state index contributed by atoms with van der Waals surface area (Å²) >= 11 is 0. The molecule has 0 spiro atoms. The van der Waals surface area contributed by atoms with Gasteiger partial charge in [0, 0.05) is 0 Å². The summed E-state index contributed by atoms with van der Waals surface area (Å²) in [6, 6.07) is 0. The molecular weight excluding hydrogens is 240 g/mol. The van der Waals surface area contributed by atoms with Crippen molar-refractivity contribution in [3.63, 3.8) is 0 Å².